The Morgan fingerprint density at radius 1 is 1.00 bits per heavy atom. The molecule has 0 saturated carbocycles. The Bertz CT molecular complexity index is 990. The molecule has 4 nitrogen and oxygen atoms in total. The van der Waals surface area contributed by atoms with Crippen LogP contribution in [-0.4, -0.2) is 6.61 Å². The van der Waals surface area contributed by atoms with Crippen molar-refractivity contribution >= 4 is 34.5 Å². The summed E-state index contributed by atoms with van der Waals surface area (Å²) >= 11 is 1.83. The quantitative estimate of drug-likeness (QED) is 0.322. The zero-order valence-corrected chi connectivity index (χ0v) is 20.4. The van der Waals surface area contributed by atoms with Gasteiger partial charge in [0.15, 0.2) is 0 Å². The fourth-order valence-corrected chi connectivity index (χ4v) is 4.05. The van der Waals surface area contributed by atoms with Gasteiger partial charge in [-0.1, -0.05) is 38.1 Å². The topological polar surface area (TPSA) is 64.5 Å². The van der Waals surface area contributed by atoms with E-state index in [0.29, 0.717) is 6.61 Å². The highest BCUT2D eigenvalue weighted by molar-refractivity contribution is 7.09. The van der Waals surface area contributed by atoms with Gasteiger partial charge >= 0.3 is 0 Å². The van der Waals surface area contributed by atoms with E-state index in [-0.39, 0.29) is 0 Å². The molecule has 5 heteroatoms. The summed E-state index contributed by atoms with van der Waals surface area (Å²) in [6, 6.07) is 19.2. The van der Waals surface area contributed by atoms with Gasteiger partial charge in [-0.2, -0.15) is 0 Å². The number of thiophene rings is 1. The monoisotopic (exact) mass is 449 g/mol. The van der Waals surface area contributed by atoms with Gasteiger partial charge in [0.2, 0.25) is 0 Å². The first kappa shape index (κ1) is 25.4. The SMILES string of the molecule is CC.CC1=CC=Cc2cc(CCc3cccs3)ccc2N1c1ccc(N)cc1.CCON. The normalized spacial score (nSPS) is 11.9. The maximum absolute atomic E-state index is 5.87. The molecule has 2 heterocycles. The molecule has 0 bridgehead atoms. The van der Waals surface area contributed by atoms with Gasteiger partial charge in [-0.15, -0.1) is 11.3 Å². The number of allylic oxidation sites excluding steroid dienone is 3. The standard InChI is InChI=1S/C23H22N2S.C2H7NO.C2H6/c1-17-4-2-5-19-16-18(7-13-22-6-3-15-26-22)8-14-23(19)25(17)21-11-9-20(24)10-12-21;1-2-4-3;1-2/h2-6,8-12,14-16H,7,13,24H2,1H3;2-3H2,1H3;1-2H3. The van der Waals surface area contributed by atoms with Gasteiger partial charge in [0.25, 0.3) is 0 Å². The molecule has 0 saturated heterocycles. The van der Waals surface area contributed by atoms with Crippen molar-refractivity contribution in [2.75, 3.05) is 17.2 Å². The lowest BCUT2D eigenvalue weighted by atomic mass is 10.0. The van der Waals surface area contributed by atoms with Gasteiger partial charge in [0.1, 0.15) is 0 Å². The Hall–Kier alpha value is -2.86. The number of hydrogen-bond acceptors (Lipinski definition) is 5. The second-order valence-electron chi connectivity index (χ2n) is 7.02. The molecular weight excluding hydrogens is 414 g/mol. The summed E-state index contributed by atoms with van der Waals surface area (Å²) in [7, 11) is 0. The van der Waals surface area contributed by atoms with E-state index in [9.17, 15) is 0 Å². The summed E-state index contributed by atoms with van der Waals surface area (Å²) in [5.41, 5.74) is 12.8. The van der Waals surface area contributed by atoms with Crippen LogP contribution in [0, 0.1) is 0 Å². The highest BCUT2D eigenvalue weighted by atomic mass is 32.1. The summed E-state index contributed by atoms with van der Waals surface area (Å²) < 4.78 is 0. The summed E-state index contributed by atoms with van der Waals surface area (Å²) in [6.07, 6.45) is 8.65. The molecule has 0 atom stereocenters. The van der Waals surface area contributed by atoms with Crippen LogP contribution in [0.2, 0.25) is 0 Å². The number of anilines is 3. The molecule has 0 spiro atoms. The van der Waals surface area contributed by atoms with Crippen LogP contribution in [0.15, 0.2) is 77.8 Å². The number of fused-ring (bicyclic) bond motifs is 1. The summed E-state index contributed by atoms with van der Waals surface area (Å²) in [6.45, 7) is 8.57. The van der Waals surface area contributed by atoms with Crippen molar-refractivity contribution in [3.63, 3.8) is 0 Å². The number of aryl methyl sites for hydroxylation is 2. The van der Waals surface area contributed by atoms with Crippen molar-refractivity contribution in [1.29, 1.82) is 0 Å². The molecule has 0 unspecified atom stereocenters. The molecule has 32 heavy (non-hydrogen) atoms. The molecule has 4 N–H and O–H groups in total. The maximum Gasteiger partial charge on any atom is 0.0651 e. The predicted octanol–water partition coefficient (Wildman–Crippen LogP) is 7.11. The Labute approximate surface area is 196 Å². The van der Waals surface area contributed by atoms with Crippen molar-refractivity contribution in [2.24, 2.45) is 5.90 Å². The van der Waals surface area contributed by atoms with Crippen LogP contribution < -0.4 is 16.5 Å². The van der Waals surface area contributed by atoms with E-state index < -0.39 is 0 Å². The summed E-state index contributed by atoms with van der Waals surface area (Å²) in [5.74, 6) is 4.53. The van der Waals surface area contributed by atoms with Crippen molar-refractivity contribution in [1.82, 2.24) is 0 Å². The molecule has 1 aliphatic heterocycles. The minimum absolute atomic E-state index is 0.597. The first-order valence-electron chi connectivity index (χ1n) is 11.1. The van der Waals surface area contributed by atoms with Gasteiger partial charge in [-0.3, -0.25) is 0 Å². The smallest absolute Gasteiger partial charge is 0.0651 e. The van der Waals surface area contributed by atoms with Crippen LogP contribution in [0.3, 0.4) is 0 Å². The number of hydrogen-bond donors (Lipinski definition) is 2. The Morgan fingerprint density at radius 3 is 2.34 bits per heavy atom. The largest absolute Gasteiger partial charge is 0.399 e. The van der Waals surface area contributed by atoms with Crippen LogP contribution in [0.1, 0.15) is 43.7 Å². The van der Waals surface area contributed by atoms with E-state index in [2.05, 4.69) is 88.6 Å². The fourth-order valence-electron chi connectivity index (χ4n) is 3.34. The van der Waals surface area contributed by atoms with Crippen LogP contribution in [0.4, 0.5) is 17.1 Å². The highest BCUT2D eigenvalue weighted by Gasteiger charge is 2.16. The van der Waals surface area contributed by atoms with Gasteiger partial charge in [-0.25, -0.2) is 5.90 Å². The summed E-state index contributed by atoms with van der Waals surface area (Å²) in [4.78, 5) is 7.77. The number of rotatable bonds is 5. The van der Waals surface area contributed by atoms with E-state index in [4.69, 9.17) is 5.73 Å². The molecule has 170 valence electrons. The van der Waals surface area contributed by atoms with Crippen LogP contribution in [-0.2, 0) is 17.7 Å². The second kappa shape index (κ2) is 13.5. The van der Waals surface area contributed by atoms with Crippen molar-refractivity contribution in [3.05, 3.63) is 93.8 Å². The van der Waals surface area contributed by atoms with Crippen LogP contribution >= 0.6 is 11.3 Å². The van der Waals surface area contributed by atoms with Crippen molar-refractivity contribution in [2.45, 2.75) is 40.5 Å². The number of benzene rings is 2. The zero-order chi connectivity index (χ0) is 23.3. The molecule has 1 aromatic heterocycles. The van der Waals surface area contributed by atoms with E-state index in [0.717, 1.165) is 24.2 Å². The molecule has 2 aromatic carbocycles. The molecule has 0 aliphatic carbocycles. The van der Waals surface area contributed by atoms with E-state index in [1.54, 1.807) is 0 Å². The fraction of sp³-hybridized carbons (Fsp3) is 0.259. The predicted molar refractivity (Wildman–Crippen MR) is 141 cm³/mol. The maximum atomic E-state index is 5.87. The molecular formula is C27H35N3OS. The minimum atomic E-state index is 0.597. The van der Waals surface area contributed by atoms with Crippen molar-refractivity contribution in [3.8, 4) is 0 Å². The zero-order valence-electron chi connectivity index (χ0n) is 19.5. The molecule has 0 fully saturated rings. The average molecular weight is 450 g/mol. The minimum Gasteiger partial charge on any atom is -0.399 e. The lowest BCUT2D eigenvalue weighted by Gasteiger charge is -2.27. The number of nitrogens with zero attached hydrogens (tertiary/aromatic N) is 1. The van der Waals surface area contributed by atoms with Gasteiger partial charge in [0.05, 0.1) is 12.3 Å². The number of nitrogen functional groups attached to an aromatic ring is 1. The Kier molecular flexibility index (Phi) is 10.7. The molecule has 3 aromatic rings. The van der Waals surface area contributed by atoms with Gasteiger partial charge < -0.3 is 15.5 Å². The van der Waals surface area contributed by atoms with Crippen molar-refractivity contribution < 1.29 is 4.84 Å². The average Bonchev–Trinajstić information content (AvgIpc) is 3.29. The first-order valence-corrected chi connectivity index (χ1v) is 12.0. The highest BCUT2D eigenvalue weighted by Crippen LogP contribution is 2.36. The molecule has 0 radical (unpaired) electrons. The van der Waals surface area contributed by atoms with Gasteiger partial charge in [0, 0.05) is 21.9 Å². The molecule has 0 amide bonds. The van der Waals surface area contributed by atoms with E-state index in [1.165, 1.54) is 27.4 Å². The van der Waals surface area contributed by atoms with Crippen LogP contribution in [0.25, 0.3) is 6.08 Å². The van der Waals surface area contributed by atoms with Gasteiger partial charge in [-0.05, 0) is 91.7 Å². The third kappa shape index (κ3) is 7.09. The second-order valence-corrected chi connectivity index (χ2v) is 8.05. The lowest BCUT2D eigenvalue weighted by molar-refractivity contribution is 0.152. The molecule has 1 aliphatic rings. The summed E-state index contributed by atoms with van der Waals surface area (Å²) in [5, 5.41) is 2.15. The third-order valence-electron chi connectivity index (χ3n) is 4.86. The van der Waals surface area contributed by atoms with E-state index in [1.807, 2.05) is 44.2 Å². The number of nitrogens with two attached hydrogens (primary N) is 2. The Balaban J connectivity index is 0.000000547. The third-order valence-corrected chi connectivity index (χ3v) is 5.79. The lowest BCUT2D eigenvalue weighted by Crippen LogP contribution is -2.15. The van der Waals surface area contributed by atoms with Crippen LogP contribution in [0.5, 0.6) is 0 Å². The first-order chi connectivity index (χ1) is 15.6. The Morgan fingerprint density at radius 2 is 1.72 bits per heavy atom. The van der Waals surface area contributed by atoms with E-state index >= 15 is 0 Å². The molecule has 4 rings (SSSR count).